The first-order valence-electron chi connectivity index (χ1n) is 7.54. The molecule has 0 radical (unpaired) electrons. The molecule has 1 atom stereocenters. The van der Waals surface area contributed by atoms with Crippen molar-refractivity contribution in [3.8, 4) is 0 Å². The van der Waals surface area contributed by atoms with Crippen LogP contribution in [0.4, 0.5) is 10.5 Å². The topological polar surface area (TPSA) is 60.9 Å². The summed E-state index contributed by atoms with van der Waals surface area (Å²) in [6, 6.07) is 6.83. The average molecular weight is 288 g/mol. The van der Waals surface area contributed by atoms with Gasteiger partial charge in [-0.05, 0) is 30.9 Å². The maximum absolute atomic E-state index is 12.9. The number of aliphatic carboxylic acids is 1. The third-order valence-electron chi connectivity index (χ3n) is 4.17. The number of nitrogens with zero attached hydrogens (tertiary/aromatic N) is 2. The second-order valence-corrected chi connectivity index (χ2v) is 5.76. The van der Waals surface area contributed by atoms with Crippen molar-refractivity contribution in [1.29, 1.82) is 0 Å². The first-order valence-corrected chi connectivity index (χ1v) is 7.54. The summed E-state index contributed by atoms with van der Waals surface area (Å²) >= 11 is 0. The molecule has 2 amide bonds. The van der Waals surface area contributed by atoms with Crippen molar-refractivity contribution in [2.24, 2.45) is 0 Å². The highest BCUT2D eigenvalue weighted by Crippen LogP contribution is 2.35. The van der Waals surface area contributed by atoms with Gasteiger partial charge in [-0.1, -0.05) is 25.1 Å². The van der Waals surface area contributed by atoms with Crippen LogP contribution in [-0.2, 0) is 11.2 Å². The van der Waals surface area contributed by atoms with Gasteiger partial charge >= 0.3 is 12.0 Å². The highest BCUT2D eigenvalue weighted by Gasteiger charge is 2.43. The zero-order valence-corrected chi connectivity index (χ0v) is 12.2. The number of para-hydroxylation sites is 1. The molecule has 1 aliphatic heterocycles. The first-order chi connectivity index (χ1) is 10.1. The van der Waals surface area contributed by atoms with Crippen molar-refractivity contribution < 1.29 is 14.7 Å². The molecule has 0 aromatic heterocycles. The van der Waals surface area contributed by atoms with Gasteiger partial charge in [0.2, 0.25) is 0 Å². The number of fused-ring (bicyclic) bond motifs is 1. The van der Waals surface area contributed by atoms with Crippen molar-refractivity contribution in [2.45, 2.75) is 44.7 Å². The van der Waals surface area contributed by atoms with Gasteiger partial charge in [0.15, 0.2) is 0 Å². The highest BCUT2D eigenvalue weighted by molar-refractivity contribution is 6.01. The van der Waals surface area contributed by atoms with Gasteiger partial charge in [-0.3, -0.25) is 4.90 Å². The van der Waals surface area contributed by atoms with Crippen LogP contribution in [0.5, 0.6) is 0 Å². The Morgan fingerprint density at radius 2 is 2.05 bits per heavy atom. The lowest BCUT2D eigenvalue weighted by molar-refractivity contribution is -0.138. The Morgan fingerprint density at radius 3 is 2.67 bits per heavy atom. The molecule has 0 unspecified atom stereocenters. The largest absolute Gasteiger partial charge is 0.480 e. The monoisotopic (exact) mass is 288 g/mol. The molecular weight excluding hydrogens is 268 g/mol. The fourth-order valence-electron chi connectivity index (χ4n) is 3.02. The molecular formula is C16H20N2O3. The van der Waals surface area contributed by atoms with Crippen LogP contribution in [0, 0.1) is 0 Å². The normalized spacial score (nSPS) is 20.2. The third kappa shape index (κ3) is 2.48. The molecule has 1 heterocycles. The molecule has 1 saturated carbocycles. The number of benzene rings is 1. The molecule has 0 saturated heterocycles. The van der Waals surface area contributed by atoms with Gasteiger partial charge in [0.05, 0.1) is 0 Å². The number of hydrogen-bond donors (Lipinski definition) is 1. The fraction of sp³-hybridized carbons (Fsp3) is 0.500. The number of urea groups is 1. The van der Waals surface area contributed by atoms with E-state index in [2.05, 4.69) is 0 Å². The standard InChI is InChI=1S/C16H20N2O3/c1-2-9-17(12-7-8-12)16(21)18-13-6-4-3-5-11(13)10-14(18)15(19)20/h3-6,12,14H,2,7-10H2,1H3,(H,19,20)/t14-/m0/s1. The molecule has 1 aromatic rings. The summed E-state index contributed by atoms with van der Waals surface area (Å²) < 4.78 is 0. The van der Waals surface area contributed by atoms with E-state index in [-0.39, 0.29) is 6.03 Å². The molecule has 1 aromatic carbocycles. The summed E-state index contributed by atoms with van der Waals surface area (Å²) in [4.78, 5) is 27.7. The first kappa shape index (κ1) is 13.9. The van der Waals surface area contributed by atoms with Crippen molar-refractivity contribution in [2.75, 3.05) is 11.4 Å². The predicted octanol–water partition coefficient (Wildman–Crippen LogP) is 2.50. The van der Waals surface area contributed by atoms with E-state index in [1.165, 1.54) is 4.90 Å². The molecule has 112 valence electrons. The maximum atomic E-state index is 12.9. The van der Waals surface area contributed by atoms with Gasteiger partial charge < -0.3 is 10.0 Å². The molecule has 1 N–H and O–H groups in total. The van der Waals surface area contributed by atoms with Crippen LogP contribution in [0.15, 0.2) is 24.3 Å². The van der Waals surface area contributed by atoms with Gasteiger partial charge in [-0.25, -0.2) is 9.59 Å². The number of rotatable bonds is 4. The van der Waals surface area contributed by atoms with E-state index >= 15 is 0 Å². The molecule has 1 aliphatic carbocycles. The molecule has 3 rings (SSSR count). The molecule has 0 spiro atoms. The van der Waals surface area contributed by atoms with Gasteiger partial charge in [0.25, 0.3) is 0 Å². The Balaban J connectivity index is 1.93. The van der Waals surface area contributed by atoms with Crippen molar-refractivity contribution in [1.82, 2.24) is 4.90 Å². The smallest absolute Gasteiger partial charge is 0.327 e. The quantitative estimate of drug-likeness (QED) is 0.926. The van der Waals surface area contributed by atoms with Crippen molar-refractivity contribution >= 4 is 17.7 Å². The Morgan fingerprint density at radius 1 is 1.33 bits per heavy atom. The van der Waals surface area contributed by atoms with E-state index in [9.17, 15) is 14.7 Å². The summed E-state index contributed by atoms with van der Waals surface area (Å²) in [5.74, 6) is -0.938. The number of carboxylic acids is 1. The van der Waals surface area contributed by atoms with Crippen LogP contribution in [0.25, 0.3) is 0 Å². The van der Waals surface area contributed by atoms with Gasteiger partial charge in [0, 0.05) is 24.7 Å². The van der Waals surface area contributed by atoms with E-state index in [1.54, 1.807) is 0 Å². The summed E-state index contributed by atoms with van der Waals surface area (Å²) in [5, 5.41) is 9.46. The Kier molecular flexibility index (Phi) is 3.57. The number of amides is 2. The molecule has 0 bridgehead atoms. The second-order valence-electron chi connectivity index (χ2n) is 5.76. The maximum Gasteiger partial charge on any atom is 0.327 e. The van der Waals surface area contributed by atoms with Crippen LogP contribution in [0.3, 0.4) is 0 Å². The summed E-state index contributed by atoms with van der Waals surface area (Å²) in [6.07, 6.45) is 3.33. The number of anilines is 1. The summed E-state index contributed by atoms with van der Waals surface area (Å²) in [7, 11) is 0. The molecule has 1 fully saturated rings. The molecule has 2 aliphatic rings. The minimum atomic E-state index is -0.938. The van der Waals surface area contributed by atoms with Crippen LogP contribution < -0.4 is 4.90 Å². The molecule has 5 nitrogen and oxygen atoms in total. The van der Waals surface area contributed by atoms with Crippen LogP contribution >= 0.6 is 0 Å². The highest BCUT2D eigenvalue weighted by atomic mass is 16.4. The van der Waals surface area contributed by atoms with E-state index in [0.717, 1.165) is 30.5 Å². The zero-order chi connectivity index (χ0) is 15.0. The van der Waals surface area contributed by atoms with E-state index in [4.69, 9.17) is 0 Å². The van der Waals surface area contributed by atoms with Crippen LogP contribution in [-0.4, -0.2) is 40.6 Å². The predicted molar refractivity (Wildman–Crippen MR) is 79.5 cm³/mol. The number of carboxylic acid groups (broad SMARTS) is 1. The van der Waals surface area contributed by atoms with Crippen molar-refractivity contribution in [3.05, 3.63) is 29.8 Å². The van der Waals surface area contributed by atoms with Gasteiger partial charge in [-0.2, -0.15) is 0 Å². The lowest BCUT2D eigenvalue weighted by atomic mass is 10.1. The third-order valence-corrected chi connectivity index (χ3v) is 4.17. The van der Waals surface area contributed by atoms with E-state index in [1.807, 2.05) is 36.1 Å². The number of carbonyl (C=O) groups excluding carboxylic acids is 1. The minimum absolute atomic E-state index is 0.156. The van der Waals surface area contributed by atoms with Crippen LogP contribution in [0.1, 0.15) is 31.7 Å². The summed E-state index contributed by atoms with van der Waals surface area (Å²) in [6.45, 7) is 2.73. The Bertz CT molecular complexity index is 568. The average Bonchev–Trinajstić information content (AvgIpc) is 3.23. The molecule has 5 heteroatoms. The van der Waals surface area contributed by atoms with E-state index in [0.29, 0.717) is 19.0 Å². The number of hydrogen-bond acceptors (Lipinski definition) is 2. The molecule has 21 heavy (non-hydrogen) atoms. The van der Waals surface area contributed by atoms with Gasteiger partial charge in [0.1, 0.15) is 6.04 Å². The fourth-order valence-corrected chi connectivity index (χ4v) is 3.02. The van der Waals surface area contributed by atoms with E-state index < -0.39 is 12.0 Å². The SMILES string of the molecule is CCCN(C(=O)N1c2ccccc2C[C@H]1C(=O)O)C1CC1. The Hall–Kier alpha value is -2.04. The lowest BCUT2D eigenvalue weighted by Crippen LogP contribution is -2.50. The summed E-state index contributed by atoms with van der Waals surface area (Å²) in [5.41, 5.74) is 1.68. The minimum Gasteiger partial charge on any atom is -0.480 e. The second kappa shape index (κ2) is 5.39. The van der Waals surface area contributed by atoms with Crippen molar-refractivity contribution in [3.63, 3.8) is 0 Å². The lowest BCUT2D eigenvalue weighted by Gasteiger charge is -2.30. The Labute approximate surface area is 124 Å². The van der Waals surface area contributed by atoms with Crippen LogP contribution in [0.2, 0.25) is 0 Å². The van der Waals surface area contributed by atoms with Gasteiger partial charge in [-0.15, -0.1) is 0 Å². The zero-order valence-electron chi connectivity index (χ0n) is 12.2. The number of carbonyl (C=O) groups is 2.